The van der Waals surface area contributed by atoms with Crippen LogP contribution >= 0.6 is 0 Å². The molecule has 180 valence electrons. The van der Waals surface area contributed by atoms with Crippen LogP contribution in [0.2, 0.25) is 0 Å². The molecule has 0 spiro atoms. The number of nitrogens with one attached hydrogen (secondary N) is 1. The third kappa shape index (κ3) is 3.79. The number of hydrogen-bond acceptors (Lipinski definition) is 0. The van der Waals surface area contributed by atoms with Gasteiger partial charge in [-0.25, -0.2) is 0 Å². The zero-order valence-corrected chi connectivity index (χ0v) is 21.4. The Hall–Kier alpha value is -4.36. The molecule has 0 aliphatic rings. The molecule has 0 aliphatic heterocycles. The SMILES string of the molecule is CC(c1ccccc1)(c1ccccc1)c1ccc2[nH]cc(C(C)(c3ccccc3)c3ccccc3)c2c1. The summed E-state index contributed by atoms with van der Waals surface area (Å²) < 4.78 is 0. The summed E-state index contributed by atoms with van der Waals surface area (Å²) in [6.07, 6.45) is 2.21. The molecular weight excluding hydrogens is 446 g/mol. The maximum Gasteiger partial charge on any atom is 0.0457 e. The van der Waals surface area contributed by atoms with E-state index in [1.54, 1.807) is 0 Å². The first-order chi connectivity index (χ1) is 18.1. The van der Waals surface area contributed by atoms with Crippen molar-refractivity contribution in [2.24, 2.45) is 0 Å². The summed E-state index contributed by atoms with van der Waals surface area (Å²) in [7, 11) is 0. The Morgan fingerprint density at radius 2 is 0.838 bits per heavy atom. The molecule has 1 nitrogen and oxygen atoms in total. The highest BCUT2D eigenvalue weighted by Gasteiger charge is 2.35. The fraction of sp³-hybridized carbons (Fsp3) is 0.111. The van der Waals surface area contributed by atoms with Crippen LogP contribution < -0.4 is 0 Å². The van der Waals surface area contributed by atoms with E-state index in [-0.39, 0.29) is 10.8 Å². The predicted molar refractivity (Wildman–Crippen MR) is 155 cm³/mol. The molecule has 0 aliphatic carbocycles. The van der Waals surface area contributed by atoms with Crippen LogP contribution in [0.1, 0.15) is 47.2 Å². The first-order valence-electron chi connectivity index (χ1n) is 13.0. The van der Waals surface area contributed by atoms with Gasteiger partial charge in [0.25, 0.3) is 0 Å². The zero-order chi connectivity index (χ0) is 25.3. The summed E-state index contributed by atoms with van der Waals surface area (Å²) in [6, 6.07) is 50.3. The number of fused-ring (bicyclic) bond motifs is 1. The third-order valence-electron chi connectivity index (χ3n) is 8.20. The topological polar surface area (TPSA) is 15.8 Å². The van der Waals surface area contributed by atoms with Crippen molar-refractivity contribution < 1.29 is 0 Å². The van der Waals surface area contributed by atoms with Crippen LogP contribution in [-0.4, -0.2) is 4.98 Å². The first kappa shape index (κ1) is 23.1. The lowest BCUT2D eigenvalue weighted by molar-refractivity contribution is 0.690. The molecule has 37 heavy (non-hydrogen) atoms. The molecule has 0 atom stereocenters. The molecule has 6 rings (SSSR count). The number of aromatic nitrogens is 1. The minimum absolute atomic E-state index is 0.291. The number of hydrogen-bond donors (Lipinski definition) is 1. The van der Waals surface area contributed by atoms with Crippen LogP contribution in [0.5, 0.6) is 0 Å². The van der Waals surface area contributed by atoms with E-state index in [1.165, 1.54) is 38.8 Å². The van der Waals surface area contributed by atoms with E-state index in [2.05, 4.69) is 165 Å². The smallest absolute Gasteiger partial charge is 0.0457 e. The van der Waals surface area contributed by atoms with E-state index in [1.807, 2.05) is 0 Å². The van der Waals surface area contributed by atoms with E-state index >= 15 is 0 Å². The Labute approximate surface area is 219 Å². The molecule has 0 radical (unpaired) electrons. The van der Waals surface area contributed by atoms with Crippen LogP contribution in [0.15, 0.2) is 146 Å². The van der Waals surface area contributed by atoms with Crippen molar-refractivity contribution in [2.45, 2.75) is 24.7 Å². The van der Waals surface area contributed by atoms with Crippen LogP contribution in [0.4, 0.5) is 0 Å². The molecule has 1 heteroatoms. The van der Waals surface area contributed by atoms with Gasteiger partial charge >= 0.3 is 0 Å². The van der Waals surface area contributed by atoms with Crippen molar-refractivity contribution >= 4 is 10.9 Å². The molecule has 0 saturated carbocycles. The summed E-state index contributed by atoms with van der Waals surface area (Å²) in [6.45, 7) is 4.69. The van der Waals surface area contributed by atoms with Gasteiger partial charge < -0.3 is 4.98 Å². The summed E-state index contributed by atoms with van der Waals surface area (Å²) >= 11 is 0. The van der Waals surface area contributed by atoms with Crippen molar-refractivity contribution in [3.05, 3.63) is 179 Å². The van der Waals surface area contributed by atoms with Crippen molar-refractivity contribution in [2.75, 3.05) is 0 Å². The Balaban J connectivity index is 1.61. The van der Waals surface area contributed by atoms with Gasteiger partial charge in [0.15, 0.2) is 0 Å². The molecule has 0 fully saturated rings. The minimum Gasteiger partial charge on any atom is -0.361 e. The first-order valence-corrected chi connectivity index (χ1v) is 13.0. The Bertz CT molecular complexity index is 1540. The average molecular weight is 478 g/mol. The standard InChI is InChI=1S/C36H31N/c1-35(27-15-7-3-8-16-27,28-17-9-4-10-18-28)31-23-24-34-32(25-31)33(26-37-34)36(2,29-19-11-5-12-20-29)30-21-13-6-14-22-30/h3-26,37H,1-2H3. The van der Waals surface area contributed by atoms with Crippen molar-refractivity contribution in [1.82, 2.24) is 4.98 Å². The van der Waals surface area contributed by atoms with Gasteiger partial charge in [-0.15, -0.1) is 0 Å². The largest absolute Gasteiger partial charge is 0.361 e. The van der Waals surface area contributed by atoms with Gasteiger partial charge in [-0.05, 0) is 59.4 Å². The Morgan fingerprint density at radius 1 is 0.432 bits per heavy atom. The van der Waals surface area contributed by atoms with E-state index in [0.717, 1.165) is 5.52 Å². The number of H-pyrrole nitrogens is 1. The fourth-order valence-corrected chi connectivity index (χ4v) is 5.91. The average Bonchev–Trinajstić information content (AvgIpc) is 3.42. The van der Waals surface area contributed by atoms with Crippen LogP contribution in [-0.2, 0) is 10.8 Å². The highest BCUT2D eigenvalue weighted by atomic mass is 14.7. The normalized spacial score (nSPS) is 12.1. The summed E-state index contributed by atoms with van der Waals surface area (Å²) in [5.41, 5.74) is 8.24. The van der Waals surface area contributed by atoms with Gasteiger partial charge in [-0.3, -0.25) is 0 Å². The number of aromatic amines is 1. The highest BCUT2D eigenvalue weighted by molar-refractivity contribution is 5.87. The molecule has 0 amide bonds. The van der Waals surface area contributed by atoms with Crippen molar-refractivity contribution in [3.8, 4) is 0 Å². The van der Waals surface area contributed by atoms with Crippen molar-refractivity contribution in [1.29, 1.82) is 0 Å². The second-order valence-corrected chi connectivity index (χ2v) is 10.2. The zero-order valence-electron chi connectivity index (χ0n) is 21.4. The Kier molecular flexibility index (Phi) is 5.77. The van der Waals surface area contributed by atoms with Crippen molar-refractivity contribution in [3.63, 3.8) is 0 Å². The molecule has 1 N–H and O–H groups in total. The Morgan fingerprint density at radius 3 is 1.27 bits per heavy atom. The van der Waals surface area contributed by atoms with Crippen LogP contribution in [0.25, 0.3) is 10.9 Å². The lowest BCUT2D eigenvalue weighted by atomic mass is 9.69. The molecule has 0 bridgehead atoms. The van der Waals surface area contributed by atoms with E-state index in [0.29, 0.717) is 0 Å². The molecule has 1 heterocycles. The monoisotopic (exact) mass is 477 g/mol. The lowest BCUT2D eigenvalue weighted by Gasteiger charge is -2.33. The van der Waals surface area contributed by atoms with E-state index in [9.17, 15) is 0 Å². The minimum atomic E-state index is -0.310. The summed E-state index contributed by atoms with van der Waals surface area (Å²) in [4.78, 5) is 3.59. The fourth-order valence-electron chi connectivity index (χ4n) is 5.91. The van der Waals surface area contributed by atoms with Gasteiger partial charge in [-0.2, -0.15) is 0 Å². The maximum atomic E-state index is 3.59. The van der Waals surface area contributed by atoms with Gasteiger partial charge in [0, 0.05) is 27.9 Å². The highest BCUT2D eigenvalue weighted by Crippen LogP contribution is 2.44. The molecule has 5 aromatic carbocycles. The quantitative estimate of drug-likeness (QED) is 0.231. The van der Waals surface area contributed by atoms with E-state index < -0.39 is 0 Å². The summed E-state index contributed by atoms with van der Waals surface area (Å²) in [5.74, 6) is 0. The molecule has 6 aromatic rings. The van der Waals surface area contributed by atoms with Gasteiger partial charge in [0.1, 0.15) is 0 Å². The van der Waals surface area contributed by atoms with Gasteiger partial charge in [-0.1, -0.05) is 127 Å². The summed E-state index contributed by atoms with van der Waals surface area (Å²) in [5, 5.41) is 1.26. The third-order valence-corrected chi connectivity index (χ3v) is 8.20. The predicted octanol–water partition coefficient (Wildman–Crippen LogP) is 8.88. The second kappa shape index (κ2) is 9.26. The lowest BCUT2D eigenvalue weighted by Crippen LogP contribution is -2.26. The van der Waals surface area contributed by atoms with Gasteiger partial charge in [0.2, 0.25) is 0 Å². The number of benzene rings is 5. The number of rotatable bonds is 6. The second-order valence-electron chi connectivity index (χ2n) is 10.2. The van der Waals surface area contributed by atoms with Gasteiger partial charge in [0.05, 0.1) is 0 Å². The molecule has 0 saturated heterocycles. The molecule has 1 aromatic heterocycles. The maximum absolute atomic E-state index is 3.59. The van der Waals surface area contributed by atoms with Crippen LogP contribution in [0.3, 0.4) is 0 Å². The molecular formula is C36H31N. The van der Waals surface area contributed by atoms with E-state index in [4.69, 9.17) is 0 Å². The van der Waals surface area contributed by atoms with Crippen LogP contribution in [0, 0.1) is 0 Å². The molecule has 0 unspecified atom stereocenters.